The van der Waals surface area contributed by atoms with Crippen LogP contribution in [-0.2, 0) is 28.7 Å². The molecule has 1 unspecified atom stereocenters. The van der Waals surface area contributed by atoms with Crippen molar-refractivity contribution in [1.29, 1.82) is 0 Å². The van der Waals surface area contributed by atoms with Crippen LogP contribution < -0.4 is 10.6 Å². The zero-order chi connectivity index (χ0) is 15.1. The number of amides is 2. The van der Waals surface area contributed by atoms with Crippen molar-refractivity contribution in [3.05, 3.63) is 0 Å². The molecule has 8 nitrogen and oxygen atoms in total. The molecule has 0 aromatic carbocycles. The monoisotopic (exact) mass is 286 g/mol. The van der Waals surface area contributed by atoms with Crippen LogP contribution >= 0.6 is 0 Å². The van der Waals surface area contributed by atoms with Crippen molar-refractivity contribution in [2.24, 2.45) is 0 Å². The van der Waals surface area contributed by atoms with Crippen LogP contribution in [-0.4, -0.2) is 49.1 Å². The predicted molar refractivity (Wildman–Crippen MR) is 66.4 cm³/mol. The van der Waals surface area contributed by atoms with Crippen molar-refractivity contribution in [1.82, 2.24) is 10.6 Å². The number of esters is 2. The zero-order valence-corrected chi connectivity index (χ0v) is 11.4. The summed E-state index contributed by atoms with van der Waals surface area (Å²) in [6.07, 6.45) is 0.560. The van der Waals surface area contributed by atoms with E-state index in [1.165, 1.54) is 0 Å². The molecule has 20 heavy (non-hydrogen) atoms. The molecule has 0 aromatic rings. The van der Waals surface area contributed by atoms with Crippen LogP contribution in [0.15, 0.2) is 0 Å². The van der Waals surface area contributed by atoms with Gasteiger partial charge in [0.15, 0.2) is 0 Å². The van der Waals surface area contributed by atoms with E-state index in [-0.39, 0.29) is 25.5 Å². The van der Waals surface area contributed by atoms with Gasteiger partial charge in [-0.2, -0.15) is 0 Å². The third-order valence-corrected chi connectivity index (χ3v) is 2.64. The highest BCUT2D eigenvalue weighted by Crippen LogP contribution is 2.07. The summed E-state index contributed by atoms with van der Waals surface area (Å²) < 4.78 is 9.43. The van der Waals surface area contributed by atoms with Crippen molar-refractivity contribution in [3.8, 4) is 0 Å². The summed E-state index contributed by atoms with van der Waals surface area (Å²) in [5, 5.41) is 4.69. The summed E-state index contributed by atoms with van der Waals surface area (Å²) in [6.45, 7) is 3.31. The molecule has 1 heterocycles. The van der Waals surface area contributed by atoms with E-state index in [0.717, 1.165) is 0 Å². The molecule has 0 spiro atoms. The lowest BCUT2D eigenvalue weighted by atomic mass is 10.2. The third kappa shape index (κ3) is 4.22. The molecule has 0 saturated carbocycles. The van der Waals surface area contributed by atoms with Gasteiger partial charge in [0.25, 0.3) is 0 Å². The van der Waals surface area contributed by atoms with E-state index in [9.17, 15) is 19.2 Å². The topological polar surface area (TPSA) is 111 Å². The van der Waals surface area contributed by atoms with E-state index in [1.807, 2.05) is 0 Å². The van der Waals surface area contributed by atoms with E-state index < -0.39 is 29.9 Å². The van der Waals surface area contributed by atoms with Gasteiger partial charge in [-0.25, -0.2) is 9.59 Å². The Morgan fingerprint density at radius 2 is 1.80 bits per heavy atom. The van der Waals surface area contributed by atoms with Gasteiger partial charge in [-0.3, -0.25) is 9.59 Å². The van der Waals surface area contributed by atoms with Crippen molar-refractivity contribution in [2.45, 2.75) is 38.8 Å². The maximum absolute atomic E-state index is 11.9. The number of nitrogens with one attached hydrogen (secondary N) is 2. The fourth-order valence-electron chi connectivity index (χ4n) is 1.72. The van der Waals surface area contributed by atoms with E-state index in [2.05, 4.69) is 10.6 Å². The molecular weight excluding hydrogens is 268 g/mol. The maximum atomic E-state index is 11.9. The summed E-state index contributed by atoms with van der Waals surface area (Å²) in [5.41, 5.74) is 0. The summed E-state index contributed by atoms with van der Waals surface area (Å²) in [6, 6.07) is -2.26. The van der Waals surface area contributed by atoms with Gasteiger partial charge in [0.1, 0.15) is 6.04 Å². The Bertz CT molecular complexity index is 391. The Morgan fingerprint density at radius 1 is 1.25 bits per heavy atom. The second-order valence-electron chi connectivity index (χ2n) is 4.10. The van der Waals surface area contributed by atoms with Crippen molar-refractivity contribution in [3.63, 3.8) is 0 Å². The quantitative estimate of drug-likeness (QED) is 0.472. The Balaban J connectivity index is 2.68. The fourth-order valence-corrected chi connectivity index (χ4v) is 1.72. The lowest BCUT2D eigenvalue weighted by molar-refractivity contribution is -0.159. The number of rotatable bonds is 6. The molecular formula is C12H18N2O6. The van der Waals surface area contributed by atoms with E-state index in [4.69, 9.17) is 9.47 Å². The van der Waals surface area contributed by atoms with Crippen LogP contribution in [0.4, 0.5) is 0 Å². The predicted octanol–water partition coefficient (Wildman–Crippen LogP) is -1.12. The number of carbonyl (C=O) groups is 4. The van der Waals surface area contributed by atoms with Crippen molar-refractivity contribution < 1.29 is 28.7 Å². The van der Waals surface area contributed by atoms with Crippen molar-refractivity contribution in [2.75, 3.05) is 13.2 Å². The number of ether oxygens (including phenoxy) is 2. The van der Waals surface area contributed by atoms with E-state index in [0.29, 0.717) is 6.42 Å². The summed E-state index contributed by atoms with van der Waals surface area (Å²) >= 11 is 0. The first kappa shape index (κ1) is 15.9. The standard InChI is InChI=1S/C12H18N2O6/c1-3-19-11(17)9(12(18)20-4-2)14-10(16)7-5-6-8(15)13-7/h7,9H,3-6H2,1-2H3,(H,13,15)(H,14,16). The van der Waals surface area contributed by atoms with Crippen LogP contribution in [0.2, 0.25) is 0 Å². The SMILES string of the molecule is CCOC(=O)C(NC(=O)C1CCC(=O)N1)C(=O)OCC. The van der Waals surface area contributed by atoms with E-state index in [1.54, 1.807) is 13.8 Å². The van der Waals surface area contributed by atoms with Gasteiger partial charge < -0.3 is 20.1 Å². The minimum atomic E-state index is -1.51. The molecule has 8 heteroatoms. The largest absolute Gasteiger partial charge is 0.464 e. The van der Waals surface area contributed by atoms with Gasteiger partial charge >= 0.3 is 11.9 Å². The minimum Gasteiger partial charge on any atom is -0.464 e. The molecule has 1 rings (SSSR count). The summed E-state index contributed by atoms with van der Waals surface area (Å²) in [5.74, 6) is -2.62. The Kier molecular flexibility index (Phi) is 5.95. The minimum absolute atomic E-state index is 0.0742. The van der Waals surface area contributed by atoms with Crippen LogP contribution in [0, 0.1) is 0 Å². The van der Waals surface area contributed by atoms with Crippen LogP contribution in [0.5, 0.6) is 0 Å². The normalized spacial score (nSPS) is 17.6. The zero-order valence-electron chi connectivity index (χ0n) is 11.4. The van der Waals surface area contributed by atoms with Crippen LogP contribution in [0.1, 0.15) is 26.7 Å². The molecule has 2 amide bonds. The van der Waals surface area contributed by atoms with Crippen molar-refractivity contribution >= 4 is 23.8 Å². The average Bonchev–Trinajstić information content (AvgIpc) is 2.83. The second kappa shape index (κ2) is 7.46. The molecule has 1 atom stereocenters. The van der Waals surface area contributed by atoms with Gasteiger partial charge in [0.2, 0.25) is 17.9 Å². The summed E-state index contributed by atoms with van der Waals surface area (Å²) in [7, 11) is 0. The second-order valence-corrected chi connectivity index (χ2v) is 4.10. The Hall–Kier alpha value is -2.12. The van der Waals surface area contributed by atoms with Gasteiger partial charge in [-0.1, -0.05) is 0 Å². The highest BCUT2D eigenvalue weighted by molar-refractivity contribution is 6.03. The molecule has 0 bridgehead atoms. The first-order valence-electron chi connectivity index (χ1n) is 6.42. The van der Waals surface area contributed by atoms with Crippen LogP contribution in [0.3, 0.4) is 0 Å². The molecule has 1 fully saturated rings. The molecule has 112 valence electrons. The van der Waals surface area contributed by atoms with Gasteiger partial charge in [0, 0.05) is 6.42 Å². The molecule has 2 N–H and O–H groups in total. The first-order valence-corrected chi connectivity index (χ1v) is 6.42. The average molecular weight is 286 g/mol. The summed E-state index contributed by atoms with van der Waals surface area (Å²) in [4.78, 5) is 46.2. The Labute approximate surface area is 116 Å². The molecule has 0 aliphatic carbocycles. The molecule has 1 aliphatic rings. The molecule has 1 saturated heterocycles. The maximum Gasteiger partial charge on any atom is 0.340 e. The lowest BCUT2D eigenvalue weighted by Gasteiger charge is -2.18. The molecule has 1 aliphatic heterocycles. The lowest BCUT2D eigenvalue weighted by Crippen LogP contribution is -2.53. The first-order chi connectivity index (χ1) is 9.49. The van der Waals surface area contributed by atoms with Crippen LogP contribution in [0.25, 0.3) is 0 Å². The van der Waals surface area contributed by atoms with Gasteiger partial charge in [0.05, 0.1) is 13.2 Å². The molecule has 0 aromatic heterocycles. The number of hydrogen-bond acceptors (Lipinski definition) is 6. The number of hydrogen-bond donors (Lipinski definition) is 2. The van der Waals surface area contributed by atoms with Gasteiger partial charge in [-0.15, -0.1) is 0 Å². The number of carbonyl (C=O) groups excluding carboxylic acids is 4. The third-order valence-electron chi connectivity index (χ3n) is 2.64. The highest BCUT2D eigenvalue weighted by Gasteiger charge is 2.35. The van der Waals surface area contributed by atoms with E-state index >= 15 is 0 Å². The Morgan fingerprint density at radius 3 is 2.20 bits per heavy atom. The molecule has 0 radical (unpaired) electrons. The fraction of sp³-hybridized carbons (Fsp3) is 0.667. The highest BCUT2D eigenvalue weighted by atomic mass is 16.6. The van der Waals surface area contributed by atoms with Gasteiger partial charge in [-0.05, 0) is 20.3 Å². The smallest absolute Gasteiger partial charge is 0.340 e.